The fourth-order valence-electron chi connectivity index (χ4n) is 2.06. The summed E-state index contributed by atoms with van der Waals surface area (Å²) in [6, 6.07) is 2.65. The lowest BCUT2D eigenvalue weighted by Gasteiger charge is -2.28. The molecule has 1 aliphatic heterocycles. The van der Waals surface area contributed by atoms with Crippen molar-refractivity contribution in [3.05, 3.63) is 18.5 Å². The standard InChI is InChI=1S/C11H17N3/c1-3-14-9(2)4-7-13-10-5-6-12-8-11(10)14/h5-6,8-9,13H,3-4,7H2,1-2H3. The Bertz CT molecular complexity index is 311. The molecule has 1 N–H and O–H groups in total. The normalized spacial score (nSPS) is 21.0. The van der Waals surface area contributed by atoms with Crippen molar-refractivity contribution in [3.8, 4) is 0 Å². The van der Waals surface area contributed by atoms with Crippen LogP contribution in [0.1, 0.15) is 20.3 Å². The molecule has 0 radical (unpaired) electrons. The van der Waals surface area contributed by atoms with Crippen LogP contribution in [0, 0.1) is 0 Å². The van der Waals surface area contributed by atoms with Gasteiger partial charge >= 0.3 is 0 Å². The molecule has 0 fully saturated rings. The van der Waals surface area contributed by atoms with Gasteiger partial charge in [0.2, 0.25) is 0 Å². The summed E-state index contributed by atoms with van der Waals surface area (Å²) in [4.78, 5) is 6.60. The molecule has 0 saturated heterocycles. The number of nitrogens with zero attached hydrogens (tertiary/aromatic N) is 2. The van der Waals surface area contributed by atoms with Gasteiger partial charge in [0.1, 0.15) is 0 Å². The maximum absolute atomic E-state index is 4.19. The minimum Gasteiger partial charge on any atom is -0.383 e. The molecule has 1 aromatic rings. The van der Waals surface area contributed by atoms with Gasteiger partial charge in [-0.05, 0) is 26.3 Å². The number of rotatable bonds is 1. The van der Waals surface area contributed by atoms with Crippen LogP contribution in [0.4, 0.5) is 11.4 Å². The second-order valence-corrected chi connectivity index (χ2v) is 3.74. The predicted molar refractivity (Wildman–Crippen MR) is 59.8 cm³/mol. The molecule has 0 saturated carbocycles. The van der Waals surface area contributed by atoms with E-state index in [1.54, 1.807) is 0 Å². The second-order valence-electron chi connectivity index (χ2n) is 3.74. The average molecular weight is 191 g/mol. The Labute approximate surface area is 85.1 Å². The summed E-state index contributed by atoms with van der Waals surface area (Å²) in [5.41, 5.74) is 2.45. The summed E-state index contributed by atoms with van der Waals surface area (Å²) < 4.78 is 0. The molecule has 2 rings (SSSR count). The molecule has 1 unspecified atom stereocenters. The van der Waals surface area contributed by atoms with Crippen molar-refractivity contribution in [2.45, 2.75) is 26.3 Å². The van der Waals surface area contributed by atoms with Crippen molar-refractivity contribution in [3.63, 3.8) is 0 Å². The zero-order valence-corrected chi connectivity index (χ0v) is 8.83. The Morgan fingerprint density at radius 1 is 1.64 bits per heavy atom. The van der Waals surface area contributed by atoms with E-state index in [1.165, 1.54) is 17.8 Å². The highest BCUT2D eigenvalue weighted by molar-refractivity contribution is 5.69. The lowest BCUT2D eigenvalue weighted by atomic mass is 10.2. The van der Waals surface area contributed by atoms with Gasteiger partial charge in [0.25, 0.3) is 0 Å². The number of anilines is 2. The molecule has 0 spiro atoms. The molecule has 1 atom stereocenters. The van der Waals surface area contributed by atoms with Gasteiger partial charge in [-0.3, -0.25) is 4.98 Å². The predicted octanol–water partition coefficient (Wildman–Crippen LogP) is 2.11. The van der Waals surface area contributed by atoms with Crippen LogP contribution >= 0.6 is 0 Å². The Morgan fingerprint density at radius 3 is 3.29 bits per heavy atom. The van der Waals surface area contributed by atoms with Crippen LogP contribution in [0.25, 0.3) is 0 Å². The third-order valence-electron chi connectivity index (χ3n) is 2.86. The topological polar surface area (TPSA) is 28.2 Å². The zero-order chi connectivity index (χ0) is 9.97. The Morgan fingerprint density at radius 2 is 2.50 bits per heavy atom. The molecule has 76 valence electrons. The van der Waals surface area contributed by atoms with Crippen molar-refractivity contribution in [2.24, 2.45) is 0 Å². The highest BCUT2D eigenvalue weighted by Crippen LogP contribution is 2.29. The summed E-state index contributed by atoms with van der Waals surface area (Å²) in [7, 11) is 0. The van der Waals surface area contributed by atoms with Gasteiger partial charge in [0.05, 0.1) is 17.6 Å². The van der Waals surface area contributed by atoms with E-state index in [4.69, 9.17) is 0 Å². The number of pyridine rings is 1. The molecule has 1 aromatic heterocycles. The summed E-state index contributed by atoms with van der Waals surface area (Å²) in [6.07, 6.45) is 4.98. The molecule has 2 heterocycles. The first kappa shape index (κ1) is 9.31. The fraction of sp³-hybridized carbons (Fsp3) is 0.545. The number of aromatic nitrogens is 1. The van der Waals surface area contributed by atoms with Crippen molar-refractivity contribution in [1.82, 2.24) is 4.98 Å². The van der Waals surface area contributed by atoms with Gasteiger partial charge in [-0.1, -0.05) is 0 Å². The Balaban J connectivity index is 2.39. The van der Waals surface area contributed by atoms with Crippen LogP contribution < -0.4 is 10.2 Å². The summed E-state index contributed by atoms with van der Waals surface area (Å²) >= 11 is 0. The van der Waals surface area contributed by atoms with Gasteiger partial charge < -0.3 is 10.2 Å². The van der Waals surface area contributed by atoms with E-state index < -0.39 is 0 Å². The van der Waals surface area contributed by atoms with Gasteiger partial charge in [0.15, 0.2) is 0 Å². The number of nitrogens with one attached hydrogen (secondary N) is 1. The summed E-state index contributed by atoms with van der Waals surface area (Å²) in [5.74, 6) is 0. The Kier molecular flexibility index (Phi) is 2.57. The highest BCUT2D eigenvalue weighted by Gasteiger charge is 2.18. The molecule has 0 bridgehead atoms. The lowest BCUT2D eigenvalue weighted by molar-refractivity contribution is 0.626. The molecular formula is C11H17N3. The molecule has 1 aliphatic rings. The smallest absolute Gasteiger partial charge is 0.0790 e. The molecule has 0 aromatic carbocycles. The first-order chi connectivity index (χ1) is 6.83. The maximum Gasteiger partial charge on any atom is 0.0790 e. The quantitative estimate of drug-likeness (QED) is 0.737. The van der Waals surface area contributed by atoms with E-state index in [0.717, 1.165) is 13.1 Å². The largest absolute Gasteiger partial charge is 0.383 e. The average Bonchev–Trinajstić information content (AvgIpc) is 2.36. The van der Waals surface area contributed by atoms with E-state index in [-0.39, 0.29) is 0 Å². The lowest BCUT2D eigenvalue weighted by Crippen LogP contribution is -2.32. The highest BCUT2D eigenvalue weighted by atomic mass is 15.2. The van der Waals surface area contributed by atoms with Crippen LogP contribution in [0.5, 0.6) is 0 Å². The van der Waals surface area contributed by atoms with Gasteiger partial charge in [0, 0.05) is 25.3 Å². The SMILES string of the molecule is CCN1c2cnccc2NCCC1C. The first-order valence-corrected chi connectivity index (χ1v) is 5.27. The number of fused-ring (bicyclic) bond motifs is 1. The van der Waals surface area contributed by atoms with Crippen molar-refractivity contribution < 1.29 is 0 Å². The third kappa shape index (κ3) is 1.54. The van der Waals surface area contributed by atoms with Gasteiger partial charge in [-0.25, -0.2) is 0 Å². The number of hydrogen-bond donors (Lipinski definition) is 1. The molecule has 3 nitrogen and oxygen atoms in total. The van der Waals surface area contributed by atoms with E-state index in [2.05, 4.69) is 35.1 Å². The van der Waals surface area contributed by atoms with Crippen molar-refractivity contribution in [2.75, 3.05) is 23.3 Å². The van der Waals surface area contributed by atoms with Crippen LogP contribution in [-0.4, -0.2) is 24.1 Å². The maximum atomic E-state index is 4.19. The molecule has 0 amide bonds. The van der Waals surface area contributed by atoms with E-state index in [9.17, 15) is 0 Å². The fourth-order valence-corrected chi connectivity index (χ4v) is 2.06. The Hall–Kier alpha value is -1.25. The van der Waals surface area contributed by atoms with E-state index in [1.807, 2.05) is 12.4 Å². The molecule has 0 aliphatic carbocycles. The monoisotopic (exact) mass is 191 g/mol. The van der Waals surface area contributed by atoms with Crippen LogP contribution in [0.15, 0.2) is 18.5 Å². The minimum atomic E-state index is 0.595. The summed E-state index contributed by atoms with van der Waals surface area (Å²) in [6.45, 7) is 6.56. The van der Waals surface area contributed by atoms with Gasteiger partial charge in [-0.15, -0.1) is 0 Å². The van der Waals surface area contributed by atoms with E-state index >= 15 is 0 Å². The molecule has 14 heavy (non-hydrogen) atoms. The van der Waals surface area contributed by atoms with Crippen molar-refractivity contribution >= 4 is 11.4 Å². The zero-order valence-electron chi connectivity index (χ0n) is 8.83. The number of hydrogen-bond acceptors (Lipinski definition) is 3. The van der Waals surface area contributed by atoms with Gasteiger partial charge in [-0.2, -0.15) is 0 Å². The van der Waals surface area contributed by atoms with Crippen LogP contribution in [0.2, 0.25) is 0 Å². The van der Waals surface area contributed by atoms with Crippen LogP contribution in [0.3, 0.4) is 0 Å². The molecular weight excluding hydrogens is 174 g/mol. The third-order valence-corrected chi connectivity index (χ3v) is 2.86. The summed E-state index contributed by atoms with van der Waals surface area (Å²) in [5, 5.41) is 3.44. The second kappa shape index (κ2) is 3.86. The van der Waals surface area contributed by atoms with Crippen LogP contribution in [-0.2, 0) is 0 Å². The van der Waals surface area contributed by atoms with Crippen molar-refractivity contribution in [1.29, 1.82) is 0 Å². The van der Waals surface area contributed by atoms with E-state index in [0.29, 0.717) is 6.04 Å². The first-order valence-electron chi connectivity index (χ1n) is 5.27. The molecule has 3 heteroatoms. The minimum absolute atomic E-state index is 0.595.